The van der Waals surface area contributed by atoms with Crippen molar-refractivity contribution in [2.45, 2.75) is 25.7 Å². The second-order valence-electron chi connectivity index (χ2n) is 5.43. The molecular formula is C14H22N2O4. The predicted octanol–water partition coefficient (Wildman–Crippen LogP) is 0.0629. The van der Waals surface area contributed by atoms with Crippen molar-refractivity contribution in [3.63, 3.8) is 0 Å². The lowest BCUT2D eigenvalue weighted by Crippen LogP contribution is -2.47. The van der Waals surface area contributed by atoms with Crippen LogP contribution in [-0.4, -0.2) is 67.3 Å². The van der Waals surface area contributed by atoms with Crippen LogP contribution in [0.3, 0.4) is 0 Å². The summed E-state index contributed by atoms with van der Waals surface area (Å²) in [7, 11) is 1.27. The molecule has 0 aromatic carbocycles. The molecule has 2 rings (SSSR count). The molecule has 2 fully saturated rings. The number of esters is 1. The highest BCUT2D eigenvalue weighted by Gasteiger charge is 2.35. The van der Waals surface area contributed by atoms with Crippen molar-refractivity contribution in [3.05, 3.63) is 0 Å². The molecular weight excluding hydrogens is 260 g/mol. The van der Waals surface area contributed by atoms with Crippen LogP contribution >= 0.6 is 0 Å². The lowest BCUT2D eigenvalue weighted by Gasteiger charge is -2.31. The molecule has 0 aromatic heterocycles. The molecule has 0 bridgehead atoms. The molecule has 0 spiro atoms. The first kappa shape index (κ1) is 15.0. The molecule has 6 heteroatoms. The van der Waals surface area contributed by atoms with Gasteiger partial charge in [-0.05, 0) is 25.9 Å². The molecule has 112 valence electrons. The molecule has 2 saturated heterocycles. The third kappa shape index (κ3) is 3.56. The molecule has 0 aromatic rings. The number of ether oxygens (including phenoxy) is 1. The molecule has 0 saturated carbocycles. The van der Waals surface area contributed by atoms with Crippen molar-refractivity contribution in [1.82, 2.24) is 9.80 Å². The van der Waals surface area contributed by atoms with E-state index in [4.69, 9.17) is 0 Å². The van der Waals surface area contributed by atoms with Crippen LogP contribution in [0.5, 0.6) is 0 Å². The Labute approximate surface area is 119 Å². The van der Waals surface area contributed by atoms with Gasteiger partial charge >= 0.3 is 5.97 Å². The minimum Gasteiger partial charge on any atom is -0.468 e. The number of methoxy groups -OCH3 is 1. The number of carbonyl (C=O) groups excluding carboxylic acids is 3. The van der Waals surface area contributed by atoms with Crippen LogP contribution in [0.1, 0.15) is 25.7 Å². The zero-order valence-electron chi connectivity index (χ0n) is 12.0. The monoisotopic (exact) mass is 282 g/mol. The van der Waals surface area contributed by atoms with E-state index in [-0.39, 0.29) is 24.7 Å². The van der Waals surface area contributed by atoms with Gasteiger partial charge < -0.3 is 14.5 Å². The third-order valence-corrected chi connectivity index (χ3v) is 4.10. The summed E-state index contributed by atoms with van der Waals surface area (Å²) in [6, 6.07) is 0. The molecule has 0 radical (unpaired) electrons. The van der Waals surface area contributed by atoms with Crippen LogP contribution in [0.2, 0.25) is 0 Å². The van der Waals surface area contributed by atoms with Crippen molar-refractivity contribution in [2.24, 2.45) is 5.92 Å². The van der Waals surface area contributed by atoms with Gasteiger partial charge in [0.1, 0.15) is 5.92 Å². The van der Waals surface area contributed by atoms with Gasteiger partial charge in [0.15, 0.2) is 5.78 Å². The largest absolute Gasteiger partial charge is 0.468 e. The van der Waals surface area contributed by atoms with Crippen molar-refractivity contribution < 1.29 is 19.1 Å². The molecule has 0 N–H and O–H groups in total. The van der Waals surface area contributed by atoms with E-state index in [1.165, 1.54) is 20.0 Å². The highest BCUT2D eigenvalue weighted by Crippen LogP contribution is 2.16. The van der Waals surface area contributed by atoms with E-state index in [0.29, 0.717) is 13.0 Å². The summed E-state index contributed by atoms with van der Waals surface area (Å²) in [6.45, 7) is 3.49. The fraction of sp³-hybridized carbons (Fsp3) is 0.786. The number of rotatable bonds is 4. The maximum atomic E-state index is 12.2. The van der Waals surface area contributed by atoms with E-state index in [0.717, 1.165) is 19.6 Å². The number of carbonyl (C=O) groups is 3. The average Bonchev–Trinajstić information content (AvgIpc) is 2.97. The highest BCUT2D eigenvalue weighted by molar-refractivity contribution is 6.00. The molecule has 2 aliphatic heterocycles. The number of amides is 1. The van der Waals surface area contributed by atoms with Crippen LogP contribution in [0.25, 0.3) is 0 Å². The predicted molar refractivity (Wildman–Crippen MR) is 72.0 cm³/mol. The number of hydrogen-bond acceptors (Lipinski definition) is 5. The van der Waals surface area contributed by atoms with Crippen molar-refractivity contribution in [2.75, 3.05) is 39.8 Å². The van der Waals surface area contributed by atoms with Gasteiger partial charge in [0.05, 0.1) is 7.11 Å². The van der Waals surface area contributed by atoms with Gasteiger partial charge in [0.25, 0.3) is 0 Å². The Kier molecular flexibility index (Phi) is 5.11. The number of likely N-dealkylation sites (tertiary alicyclic amines) is 2. The molecule has 20 heavy (non-hydrogen) atoms. The zero-order valence-corrected chi connectivity index (χ0v) is 12.0. The molecule has 0 aliphatic carbocycles. The summed E-state index contributed by atoms with van der Waals surface area (Å²) < 4.78 is 4.62. The maximum Gasteiger partial charge on any atom is 0.318 e. The van der Waals surface area contributed by atoms with Crippen LogP contribution < -0.4 is 0 Å². The van der Waals surface area contributed by atoms with Gasteiger partial charge in [-0.15, -0.1) is 0 Å². The van der Waals surface area contributed by atoms with Gasteiger partial charge in [0, 0.05) is 32.5 Å². The summed E-state index contributed by atoms with van der Waals surface area (Å²) in [6.07, 6.45) is 3.12. The summed E-state index contributed by atoms with van der Waals surface area (Å²) in [4.78, 5) is 39.3. The first-order valence-electron chi connectivity index (χ1n) is 7.22. The Morgan fingerprint density at radius 3 is 2.60 bits per heavy atom. The Bertz CT molecular complexity index is 383. The first-order valence-corrected chi connectivity index (χ1v) is 7.22. The summed E-state index contributed by atoms with van der Waals surface area (Å²) in [5, 5.41) is 0. The van der Waals surface area contributed by atoms with E-state index >= 15 is 0 Å². The van der Waals surface area contributed by atoms with Gasteiger partial charge in [0.2, 0.25) is 5.91 Å². The van der Waals surface area contributed by atoms with Gasteiger partial charge in [-0.3, -0.25) is 14.4 Å². The summed E-state index contributed by atoms with van der Waals surface area (Å²) in [5.41, 5.74) is 0. The third-order valence-electron chi connectivity index (χ3n) is 4.10. The Balaban J connectivity index is 1.83. The number of hydrogen-bond donors (Lipinski definition) is 0. The minimum absolute atomic E-state index is 0.0262. The Morgan fingerprint density at radius 2 is 1.95 bits per heavy atom. The number of ketones is 1. The second-order valence-corrected chi connectivity index (χ2v) is 5.43. The Morgan fingerprint density at radius 1 is 1.25 bits per heavy atom. The topological polar surface area (TPSA) is 66.9 Å². The fourth-order valence-corrected chi connectivity index (χ4v) is 2.83. The average molecular weight is 282 g/mol. The van der Waals surface area contributed by atoms with Crippen LogP contribution in [0, 0.1) is 5.92 Å². The lowest BCUT2D eigenvalue weighted by molar-refractivity contribution is -0.153. The zero-order chi connectivity index (χ0) is 14.5. The number of Topliss-reactive ketones (excluding diaryl/α,β-unsaturated/α-hetero) is 1. The molecule has 2 heterocycles. The normalized spacial score (nSPS) is 23.9. The van der Waals surface area contributed by atoms with Gasteiger partial charge in [-0.25, -0.2) is 0 Å². The number of nitrogens with zero attached hydrogens (tertiary/aromatic N) is 2. The molecule has 1 unspecified atom stereocenters. The molecule has 6 nitrogen and oxygen atoms in total. The molecule has 1 amide bonds. The van der Waals surface area contributed by atoms with E-state index in [9.17, 15) is 14.4 Å². The SMILES string of the molecule is COC(=O)C1CN(C(=O)CCN2CCCC2)CCC1=O. The number of piperidine rings is 1. The summed E-state index contributed by atoms with van der Waals surface area (Å²) in [5.74, 6) is -1.43. The van der Waals surface area contributed by atoms with E-state index in [1.54, 1.807) is 4.90 Å². The van der Waals surface area contributed by atoms with Crippen molar-refractivity contribution >= 4 is 17.7 Å². The second kappa shape index (κ2) is 6.83. The van der Waals surface area contributed by atoms with Gasteiger partial charge in [-0.1, -0.05) is 0 Å². The smallest absolute Gasteiger partial charge is 0.318 e. The lowest BCUT2D eigenvalue weighted by atomic mass is 9.96. The van der Waals surface area contributed by atoms with Crippen molar-refractivity contribution in [3.8, 4) is 0 Å². The minimum atomic E-state index is -0.801. The summed E-state index contributed by atoms with van der Waals surface area (Å²) >= 11 is 0. The van der Waals surface area contributed by atoms with Crippen LogP contribution in [-0.2, 0) is 19.1 Å². The van der Waals surface area contributed by atoms with E-state index in [2.05, 4.69) is 9.64 Å². The fourth-order valence-electron chi connectivity index (χ4n) is 2.83. The standard InChI is InChI=1S/C14H22N2O4/c1-20-14(19)11-10-16(9-4-12(11)17)13(18)5-8-15-6-2-3-7-15/h11H,2-10H2,1H3. The van der Waals surface area contributed by atoms with Gasteiger partial charge in [-0.2, -0.15) is 0 Å². The molecule has 1 atom stereocenters. The van der Waals surface area contributed by atoms with Crippen molar-refractivity contribution in [1.29, 1.82) is 0 Å². The first-order chi connectivity index (χ1) is 9.61. The highest BCUT2D eigenvalue weighted by atomic mass is 16.5. The van der Waals surface area contributed by atoms with Crippen LogP contribution in [0.4, 0.5) is 0 Å². The molecule has 2 aliphatic rings. The van der Waals surface area contributed by atoms with E-state index < -0.39 is 11.9 Å². The van der Waals surface area contributed by atoms with E-state index in [1.807, 2.05) is 0 Å². The quantitative estimate of drug-likeness (QED) is 0.539. The maximum absolute atomic E-state index is 12.2. The Hall–Kier alpha value is -1.43. The van der Waals surface area contributed by atoms with Crippen LogP contribution in [0.15, 0.2) is 0 Å².